The van der Waals surface area contributed by atoms with Crippen molar-refractivity contribution in [2.45, 2.75) is 0 Å². The van der Waals surface area contributed by atoms with Crippen LogP contribution in [0.25, 0.3) is 65.9 Å². The molecule has 0 unspecified atom stereocenters. The topological polar surface area (TPSA) is 56.7 Å². The molecule has 6 nitrogen and oxygen atoms in total. The van der Waals surface area contributed by atoms with Crippen LogP contribution in [0.3, 0.4) is 0 Å². The molecule has 4 aromatic carbocycles. The molecule has 0 saturated carbocycles. The molecule has 0 aliphatic heterocycles. The quantitative estimate of drug-likeness (QED) is 0.137. The predicted molar refractivity (Wildman–Crippen MR) is 161 cm³/mol. The Hall–Kier alpha value is -5.06. The van der Waals surface area contributed by atoms with Crippen LogP contribution in [0.1, 0.15) is 0 Å². The van der Waals surface area contributed by atoms with E-state index in [4.69, 9.17) is 9.72 Å². The zero-order valence-corrected chi connectivity index (χ0v) is 24.2. The first-order valence-electron chi connectivity index (χ1n) is 13.4. The molecule has 5 heterocycles. The average molecular weight is 721 g/mol. The molecular weight excluding hydrogens is 701 g/mol. The first kappa shape index (κ1) is 24.7. The third kappa shape index (κ3) is 3.65. The zero-order valence-electron chi connectivity index (χ0n) is 21.9. The van der Waals surface area contributed by atoms with Crippen molar-refractivity contribution in [1.82, 2.24) is 23.8 Å². The van der Waals surface area contributed by atoms with Gasteiger partial charge in [0.25, 0.3) is 0 Å². The minimum atomic E-state index is 0. The van der Waals surface area contributed by atoms with Gasteiger partial charge in [0, 0.05) is 48.0 Å². The van der Waals surface area contributed by atoms with Gasteiger partial charge >= 0.3 is 21.1 Å². The van der Waals surface area contributed by atoms with E-state index in [0.717, 1.165) is 60.3 Å². The van der Waals surface area contributed by atoms with Crippen LogP contribution >= 0.6 is 0 Å². The van der Waals surface area contributed by atoms with Crippen LogP contribution < -0.4 is 4.74 Å². The Bertz CT molecular complexity index is 2460. The molecule has 0 aliphatic carbocycles. The third-order valence-electron chi connectivity index (χ3n) is 7.74. The average Bonchev–Trinajstić information content (AvgIpc) is 3.73. The minimum Gasteiger partial charge on any atom is -0.497 e. The number of hydrogen-bond donors (Lipinski definition) is 0. The van der Waals surface area contributed by atoms with Crippen LogP contribution in [0.2, 0.25) is 0 Å². The summed E-state index contributed by atoms with van der Waals surface area (Å²) in [5.41, 5.74) is 7.00. The zero-order chi connectivity index (χ0) is 26.9. The number of pyridine rings is 3. The maximum absolute atomic E-state index is 6.34. The van der Waals surface area contributed by atoms with E-state index < -0.39 is 0 Å². The Kier molecular flexibility index (Phi) is 5.59. The SMILES string of the molecule is [Pt+2].[c-]1c(Oc2[c-]c3c(cc2)c2ncccc2n2ccnc32)ccc2c1c1nccn1c1cc(-c3ccccc3)ccc21. The molecule has 0 N–H and O–H groups in total. The van der Waals surface area contributed by atoms with Gasteiger partial charge in [-0.2, -0.15) is 0 Å². The Balaban J connectivity index is 0.00000267. The number of imidazole rings is 2. The van der Waals surface area contributed by atoms with Gasteiger partial charge in [0.2, 0.25) is 0 Å². The van der Waals surface area contributed by atoms with Gasteiger partial charge in [-0.05, 0) is 34.7 Å². The molecular formula is C35H19N5OPt. The molecule has 0 aliphatic rings. The molecule has 0 fully saturated rings. The molecule has 0 saturated heterocycles. The van der Waals surface area contributed by atoms with Crippen molar-refractivity contribution in [2.24, 2.45) is 0 Å². The molecule has 0 radical (unpaired) electrons. The molecule has 9 aromatic rings. The van der Waals surface area contributed by atoms with Crippen LogP contribution in [0.4, 0.5) is 0 Å². The van der Waals surface area contributed by atoms with Crippen molar-refractivity contribution in [3.8, 4) is 22.6 Å². The fraction of sp³-hybridized carbons (Fsp3) is 0. The molecule has 0 bridgehead atoms. The summed E-state index contributed by atoms with van der Waals surface area (Å²) in [6.45, 7) is 0. The van der Waals surface area contributed by atoms with Crippen LogP contribution in [-0.2, 0) is 21.1 Å². The number of aromatic nitrogens is 5. The molecule has 7 heteroatoms. The molecule has 9 rings (SSSR count). The normalized spacial score (nSPS) is 11.6. The van der Waals surface area contributed by atoms with E-state index in [2.05, 4.69) is 75.0 Å². The Morgan fingerprint density at radius 1 is 0.548 bits per heavy atom. The fourth-order valence-electron chi connectivity index (χ4n) is 5.89. The summed E-state index contributed by atoms with van der Waals surface area (Å²) >= 11 is 0. The summed E-state index contributed by atoms with van der Waals surface area (Å²) in [6, 6.07) is 35.9. The number of nitrogens with zero attached hydrogens (tertiary/aromatic N) is 5. The second kappa shape index (κ2) is 9.50. The van der Waals surface area contributed by atoms with E-state index in [1.54, 1.807) is 6.20 Å². The van der Waals surface area contributed by atoms with Crippen molar-refractivity contribution in [2.75, 3.05) is 0 Å². The summed E-state index contributed by atoms with van der Waals surface area (Å²) in [5, 5.41) is 4.94. The molecule has 5 aromatic heterocycles. The van der Waals surface area contributed by atoms with E-state index in [1.807, 2.05) is 65.6 Å². The van der Waals surface area contributed by atoms with Gasteiger partial charge in [-0.25, -0.2) is 0 Å². The Morgan fingerprint density at radius 2 is 1.21 bits per heavy atom. The number of rotatable bonds is 3. The van der Waals surface area contributed by atoms with E-state index >= 15 is 0 Å². The van der Waals surface area contributed by atoms with Gasteiger partial charge in [-0.1, -0.05) is 88.3 Å². The molecule has 42 heavy (non-hydrogen) atoms. The summed E-state index contributed by atoms with van der Waals surface area (Å²) < 4.78 is 10.5. The second-order valence-corrected chi connectivity index (χ2v) is 10.0. The molecule has 0 spiro atoms. The molecule has 0 atom stereocenters. The predicted octanol–water partition coefficient (Wildman–Crippen LogP) is 8.05. The van der Waals surface area contributed by atoms with Gasteiger partial charge in [0.15, 0.2) is 0 Å². The van der Waals surface area contributed by atoms with Gasteiger partial charge in [-0.15, -0.1) is 12.1 Å². The standard InChI is InChI=1S/C35H19N5O.Pt/c1-2-5-22(6-3-1)23-8-11-27-26-12-9-24(20-29(26)34-37-16-18-40(34)32(27)19-23)41-25-10-13-28-30(21-25)35-38-15-17-39(35)31-7-4-14-36-33(28)31;/h1-19H;/q-2;+2. The second-order valence-electron chi connectivity index (χ2n) is 10.0. The maximum Gasteiger partial charge on any atom is 2.00 e. The largest absolute Gasteiger partial charge is 2.00 e. The van der Waals surface area contributed by atoms with Crippen molar-refractivity contribution in [3.05, 3.63) is 128 Å². The number of hydrogen-bond acceptors (Lipinski definition) is 4. The number of fused-ring (bicyclic) bond motifs is 12. The Morgan fingerprint density at radius 3 is 1.98 bits per heavy atom. The number of ether oxygens (including phenoxy) is 1. The van der Waals surface area contributed by atoms with Gasteiger partial charge in [-0.3, -0.25) is 15.0 Å². The van der Waals surface area contributed by atoms with E-state index in [0.29, 0.717) is 11.5 Å². The Labute approximate surface area is 254 Å². The smallest absolute Gasteiger partial charge is 0.497 e. The van der Waals surface area contributed by atoms with Gasteiger partial charge in [0.1, 0.15) is 0 Å². The fourth-order valence-corrected chi connectivity index (χ4v) is 5.89. The first-order chi connectivity index (χ1) is 20.3. The minimum absolute atomic E-state index is 0. The first-order valence-corrected chi connectivity index (χ1v) is 13.4. The molecule has 0 amide bonds. The maximum atomic E-state index is 6.34. The molecule has 200 valence electrons. The van der Waals surface area contributed by atoms with Crippen molar-refractivity contribution in [3.63, 3.8) is 0 Å². The summed E-state index contributed by atoms with van der Waals surface area (Å²) in [7, 11) is 0. The summed E-state index contributed by atoms with van der Waals surface area (Å²) in [5.74, 6) is 1.18. The van der Waals surface area contributed by atoms with Gasteiger partial charge < -0.3 is 13.5 Å². The third-order valence-corrected chi connectivity index (χ3v) is 7.74. The van der Waals surface area contributed by atoms with Crippen LogP contribution in [0, 0.1) is 12.1 Å². The van der Waals surface area contributed by atoms with Crippen molar-refractivity contribution >= 4 is 54.8 Å². The monoisotopic (exact) mass is 720 g/mol. The van der Waals surface area contributed by atoms with Crippen LogP contribution in [-0.4, -0.2) is 23.8 Å². The van der Waals surface area contributed by atoms with E-state index in [1.165, 1.54) is 5.56 Å². The van der Waals surface area contributed by atoms with E-state index in [-0.39, 0.29) is 21.1 Å². The van der Waals surface area contributed by atoms with Crippen molar-refractivity contribution < 1.29 is 25.8 Å². The summed E-state index contributed by atoms with van der Waals surface area (Å²) in [4.78, 5) is 13.9. The van der Waals surface area contributed by atoms with Crippen LogP contribution in [0.15, 0.2) is 116 Å². The van der Waals surface area contributed by atoms with Gasteiger partial charge in [0.05, 0.1) is 22.3 Å². The van der Waals surface area contributed by atoms with Crippen LogP contribution in [0.5, 0.6) is 11.5 Å². The summed E-state index contributed by atoms with van der Waals surface area (Å²) in [6.07, 6.45) is 9.37. The number of benzene rings is 4. The van der Waals surface area contributed by atoms with Crippen molar-refractivity contribution in [1.29, 1.82) is 0 Å². The van der Waals surface area contributed by atoms with E-state index in [9.17, 15) is 0 Å².